The average Bonchev–Trinajstić information content (AvgIpc) is 3.34. The van der Waals surface area contributed by atoms with Gasteiger partial charge in [-0.2, -0.15) is 0 Å². The Kier molecular flexibility index (Phi) is 3.69. The van der Waals surface area contributed by atoms with Crippen LogP contribution in [0.4, 0.5) is 5.69 Å². The number of rotatable bonds is 4. The number of benzene rings is 2. The molecule has 7 heteroatoms. The van der Waals surface area contributed by atoms with E-state index in [9.17, 15) is 14.7 Å². The zero-order valence-corrected chi connectivity index (χ0v) is 17.4. The van der Waals surface area contributed by atoms with Gasteiger partial charge >= 0.3 is 0 Å². The molecule has 1 saturated heterocycles. The summed E-state index contributed by atoms with van der Waals surface area (Å²) in [4.78, 5) is 28.8. The second-order valence-corrected chi connectivity index (χ2v) is 9.35. The van der Waals surface area contributed by atoms with E-state index in [1.165, 1.54) is 0 Å². The van der Waals surface area contributed by atoms with Crippen LogP contribution in [0.5, 0.6) is 5.75 Å². The van der Waals surface area contributed by atoms with Gasteiger partial charge in [0.15, 0.2) is 0 Å². The number of Topliss-reactive ketones (excluding diaryl/α,β-unsaturated/α-hetero) is 1. The van der Waals surface area contributed by atoms with Crippen molar-refractivity contribution in [2.24, 2.45) is 5.92 Å². The van der Waals surface area contributed by atoms with Crippen LogP contribution in [0.25, 0.3) is 0 Å². The molecule has 6 rings (SSSR count). The van der Waals surface area contributed by atoms with Gasteiger partial charge in [-0.1, -0.05) is 31.2 Å². The van der Waals surface area contributed by atoms with Crippen LogP contribution in [0.2, 0.25) is 0 Å². The van der Waals surface area contributed by atoms with Crippen LogP contribution in [-0.4, -0.2) is 41.3 Å². The third-order valence-corrected chi connectivity index (χ3v) is 7.39. The molecule has 0 radical (unpaired) electrons. The van der Waals surface area contributed by atoms with E-state index < -0.39 is 17.1 Å². The summed E-state index contributed by atoms with van der Waals surface area (Å²) in [7, 11) is 0. The number of hydrogen-bond acceptors (Lipinski definition) is 6. The molecule has 0 bridgehead atoms. The van der Waals surface area contributed by atoms with E-state index in [2.05, 4.69) is 12.2 Å². The fourth-order valence-electron chi connectivity index (χ4n) is 5.40. The summed E-state index contributed by atoms with van der Waals surface area (Å²) in [5.74, 6) is -1.31. The van der Waals surface area contributed by atoms with Gasteiger partial charge in [0, 0.05) is 16.8 Å². The summed E-state index contributed by atoms with van der Waals surface area (Å²) in [6, 6.07) is 10.6. The number of likely N-dealkylation sites (tertiary alicyclic amines) is 1. The summed E-state index contributed by atoms with van der Waals surface area (Å²) in [6.07, 6.45) is 2.16. The Morgan fingerprint density at radius 1 is 1.29 bits per heavy atom. The number of ketones is 1. The molecule has 4 aliphatic rings. The minimum absolute atomic E-state index is 0.171. The van der Waals surface area contributed by atoms with E-state index >= 15 is 0 Å². The number of aliphatic hydroxyl groups is 1. The summed E-state index contributed by atoms with van der Waals surface area (Å²) in [6.45, 7) is 4.06. The molecule has 4 atom stereocenters. The van der Waals surface area contributed by atoms with E-state index in [4.69, 9.17) is 10.5 Å². The van der Waals surface area contributed by atoms with Gasteiger partial charge in [-0.25, -0.2) is 0 Å². The molecule has 0 spiro atoms. The molecule has 2 fully saturated rings. The van der Waals surface area contributed by atoms with Crippen molar-refractivity contribution in [2.45, 2.75) is 37.0 Å². The molecule has 2 heterocycles. The number of ether oxygens (including phenoxy) is 1. The molecule has 2 aliphatic heterocycles. The summed E-state index contributed by atoms with van der Waals surface area (Å²) in [5, 5.41) is 14.8. The third-order valence-electron chi connectivity index (χ3n) is 7.39. The highest BCUT2D eigenvalue weighted by molar-refractivity contribution is 6.15. The number of nitrogens with one attached hydrogen (secondary N) is 1. The minimum atomic E-state index is -2.05. The van der Waals surface area contributed by atoms with Gasteiger partial charge in [0.05, 0.1) is 12.1 Å². The zero-order chi connectivity index (χ0) is 21.5. The van der Waals surface area contributed by atoms with Gasteiger partial charge in [0.2, 0.25) is 17.2 Å². The normalized spacial score (nSPS) is 32.5. The summed E-state index contributed by atoms with van der Waals surface area (Å²) in [5.41, 5.74) is 6.73. The molecule has 0 aromatic heterocycles. The van der Waals surface area contributed by atoms with Crippen LogP contribution in [0.15, 0.2) is 36.4 Å². The first-order valence-electron chi connectivity index (χ1n) is 10.9. The number of amides is 1. The highest BCUT2D eigenvalue weighted by Gasteiger charge is 2.72. The average molecular weight is 419 g/mol. The van der Waals surface area contributed by atoms with Gasteiger partial charge in [-0.15, -0.1) is 0 Å². The zero-order valence-electron chi connectivity index (χ0n) is 17.4. The van der Waals surface area contributed by atoms with Crippen LogP contribution in [0.3, 0.4) is 0 Å². The van der Waals surface area contributed by atoms with Gasteiger partial charge < -0.3 is 20.9 Å². The lowest BCUT2D eigenvalue weighted by Gasteiger charge is -2.36. The van der Waals surface area contributed by atoms with E-state index in [0.717, 1.165) is 31.5 Å². The van der Waals surface area contributed by atoms with Gasteiger partial charge in [-0.05, 0) is 55.5 Å². The molecule has 0 unspecified atom stereocenters. The first-order chi connectivity index (χ1) is 14.8. The van der Waals surface area contributed by atoms with Crippen molar-refractivity contribution in [3.63, 3.8) is 0 Å². The highest BCUT2D eigenvalue weighted by atomic mass is 16.6. The van der Waals surface area contributed by atoms with Crippen molar-refractivity contribution in [3.05, 3.63) is 58.7 Å². The lowest BCUT2D eigenvalue weighted by molar-refractivity contribution is -0.175. The van der Waals surface area contributed by atoms with Crippen molar-refractivity contribution in [3.8, 4) is 5.75 Å². The van der Waals surface area contributed by atoms with Crippen molar-refractivity contribution < 1.29 is 19.4 Å². The maximum atomic E-state index is 13.8. The lowest BCUT2D eigenvalue weighted by atomic mass is 9.82. The van der Waals surface area contributed by atoms with Crippen molar-refractivity contribution in [1.82, 2.24) is 10.2 Å². The Balaban J connectivity index is 1.49. The van der Waals surface area contributed by atoms with Gasteiger partial charge in [-0.3, -0.25) is 14.5 Å². The largest absolute Gasteiger partial charge is 0.454 e. The van der Waals surface area contributed by atoms with Crippen molar-refractivity contribution in [2.75, 3.05) is 25.4 Å². The molecule has 160 valence electrons. The monoisotopic (exact) mass is 419 g/mol. The molecule has 4 N–H and O–H groups in total. The Labute approximate surface area is 180 Å². The topological polar surface area (TPSA) is 105 Å². The number of nitrogens with two attached hydrogens (primary N) is 1. The van der Waals surface area contributed by atoms with Crippen LogP contribution >= 0.6 is 0 Å². The number of anilines is 1. The standard InChI is InChI=1S/C24H25N3O4/c1-13-10-15(13)14-6-7-16-19(11-14)31-24(30)17-4-2-5-18(25)21(17)22(29)23(16,24)26-20(28)12-27-8-3-9-27/h2,4-7,11,13,15,30H,3,8-10,12,25H2,1H3,(H,26,28)/t13-,15+,23-,24-/m1/s1. The molecule has 31 heavy (non-hydrogen) atoms. The SMILES string of the molecule is C[C@@H]1C[C@@H]1c1ccc2c(c1)O[C@]1(O)c3cccc(N)c3C(=O)[C@]21NC(=O)CN1CCC1. The van der Waals surface area contributed by atoms with Crippen LogP contribution < -0.4 is 15.8 Å². The van der Waals surface area contributed by atoms with Gasteiger partial charge in [0.1, 0.15) is 5.75 Å². The maximum absolute atomic E-state index is 13.8. The Bertz CT molecular complexity index is 1140. The third kappa shape index (κ3) is 2.36. The maximum Gasteiger partial charge on any atom is 0.271 e. The predicted molar refractivity (Wildman–Crippen MR) is 114 cm³/mol. The van der Waals surface area contributed by atoms with Crippen molar-refractivity contribution >= 4 is 17.4 Å². The number of fused-ring (bicyclic) bond motifs is 5. The summed E-state index contributed by atoms with van der Waals surface area (Å²) < 4.78 is 6.12. The number of hydrogen-bond donors (Lipinski definition) is 3. The second-order valence-electron chi connectivity index (χ2n) is 9.35. The predicted octanol–water partition coefficient (Wildman–Crippen LogP) is 1.84. The Morgan fingerprint density at radius 3 is 2.74 bits per heavy atom. The number of carbonyl (C=O) groups is 2. The molecule has 7 nitrogen and oxygen atoms in total. The van der Waals surface area contributed by atoms with Crippen molar-refractivity contribution in [1.29, 1.82) is 0 Å². The molecular weight excluding hydrogens is 394 g/mol. The number of nitrogen functional groups attached to an aromatic ring is 1. The molecule has 1 amide bonds. The van der Waals surface area contributed by atoms with E-state index in [1.807, 2.05) is 23.1 Å². The van der Waals surface area contributed by atoms with Crippen LogP contribution in [0.1, 0.15) is 52.7 Å². The Morgan fingerprint density at radius 2 is 2.06 bits per heavy atom. The quantitative estimate of drug-likeness (QED) is 0.654. The first kappa shape index (κ1) is 18.8. The number of carbonyl (C=O) groups excluding carboxylic acids is 2. The molecule has 1 saturated carbocycles. The lowest BCUT2D eigenvalue weighted by Crippen LogP contribution is -2.61. The van der Waals surface area contributed by atoms with Crippen LogP contribution in [0, 0.1) is 5.92 Å². The Hall–Kier alpha value is -2.90. The fraction of sp³-hybridized carbons (Fsp3) is 0.417. The first-order valence-corrected chi connectivity index (χ1v) is 10.9. The van der Waals surface area contributed by atoms with E-state index in [0.29, 0.717) is 28.7 Å². The molecule has 2 aromatic rings. The second kappa shape index (κ2) is 6.08. The number of nitrogens with zero attached hydrogens (tertiary/aromatic N) is 1. The van der Waals surface area contributed by atoms with Gasteiger partial charge in [0.25, 0.3) is 5.79 Å². The molecule has 2 aromatic carbocycles. The highest BCUT2D eigenvalue weighted by Crippen LogP contribution is 2.60. The van der Waals surface area contributed by atoms with Crippen LogP contribution in [-0.2, 0) is 16.1 Å². The van der Waals surface area contributed by atoms with E-state index in [-0.39, 0.29) is 23.7 Å². The molecule has 2 aliphatic carbocycles. The minimum Gasteiger partial charge on any atom is -0.454 e. The summed E-state index contributed by atoms with van der Waals surface area (Å²) >= 11 is 0. The fourth-order valence-corrected chi connectivity index (χ4v) is 5.40. The molecular formula is C24H25N3O4. The smallest absolute Gasteiger partial charge is 0.271 e. The van der Waals surface area contributed by atoms with E-state index in [1.54, 1.807) is 18.2 Å².